The minimum absolute atomic E-state index is 0.178. The minimum Gasteiger partial charge on any atom is -0.477 e. The van der Waals surface area contributed by atoms with Crippen LogP contribution < -0.4 is 0 Å². The third-order valence-electron chi connectivity index (χ3n) is 12.9. The first-order chi connectivity index (χ1) is 38.6. The van der Waals surface area contributed by atoms with E-state index in [2.05, 4.69) is 148 Å². The maximum Gasteiger partial charge on any atom is 0.361 e. The standard InChI is InChI=1S/C70H115NO8/c1-6-8-10-12-14-16-18-20-21-22-23-24-25-26-27-28-29-30-31-32-33-34-35-36-37-38-39-40-41-42-43-44-45-46-47-49-51-53-55-57-59-61-68(73)79-66(65-78-70(69(74)75)76-63-62-71(3,4)5)64-77-67(72)60-58-56-54-52-50-48-19-17-15-13-11-9-7-2/h8-11,14-17,20-21,23-24,26-27,29-30,32-33,35-36,48,50,66,70H,6-7,12-13,18-19,22,25,28,31,34,37-47,49,51-65H2,1-5H3/p+1/b10-8-,11-9-,16-14-,17-15-,21-20-,24-23-,27-26-,30-29-,33-32-,36-35-,50-48-. The number of nitrogens with zero attached hydrogens (tertiary/aromatic N) is 1. The average molecular weight is 1100 g/mol. The summed E-state index contributed by atoms with van der Waals surface area (Å²) in [6.45, 7) is 4.60. The molecule has 0 heterocycles. The van der Waals surface area contributed by atoms with Crippen molar-refractivity contribution in [1.29, 1.82) is 0 Å². The maximum atomic E-state index is 12.9. The molecular weight excluding hydrogens is 983 g/mol. The molecule has 0 saturated heterocycles. The second-order valence-electron chi connectivity index (χ2n) is 21.6. The average Bonchev–Trinajstić information content (AvgIpc) is 3.42. The summed E-state index contributed by atoms with van der Waals surface area (Å²) in [5.74, 6) is -2.05. The molecule has 448 valence electrons. The first-order valence-corrected chi connectivity index (χ1v) is 31.3. The highest BCUT2D eigenvalue weighted by Gasteiger charge is 2.25. The molecule has 1 N–H and O–H groups in total. The fourth-order valence-electron chi connectivity index (χ4n) is 8.16. The molecular formula is C70H116NO8+. The monoisotopic (exact) mass is 1100 g/mol. The molecule has 0 aromatic rings. The zero-order valence-corrected chi connectivity index (χ0v) is 51.0. The molecule has 0 rings (SSSR count). The molecule has 79 heavy (non-hydrogen) atoms. The van der Waals surface area contributed by atoms with E-state index in [9.17, 15) is 19.5 Å². The van der Waals surface area contributed by atoms with Gasteiger partial charge in [0.1, 0.15) is 13.2 Å². The van der Waals surface area contributed by atoms with Crippen LogP contribution in [0.3, 0.4) is 0 Å². The van der Waals surface area contributed by atoms with E-state index in [0.29, 0.717) is 23.9 Å². The summed E-state index contributed by atoms with van der Waals surface area (Å²) in [6.07, 6.45) is 82.8. The summed E-state index contributed by atoms with van der Waals surface area (Å²) < 4.78 is 22.8. The van der Waals surface area contributed by atoms with Crippen LogP contribution in [0.15, 0.2) is 134 Å². The smallest absolute Gasteiger partial charge is 0.361 e. The molecule has 0 saturated carbocycles. The number of carbonyl (C=O) groups excluding carboxylic acids is 2. The predicted octanol–water partition coefficient (Wildman–Crippen LogP) is 19.0. The maximum absolute atomic E-state index is 12.9. The summed E-state index contributed by atoms with van der Waals surface area (Å²) in [4.78, 5) is 37.4. The minimum atomic E-state index is -1.52. The lowest BCUT2D eigenvalue weighted by atomic mass is 10.0. The number of quaternary nitrogens is 1. The Bertz CT molecular complexity index is 1750. The highest BCUT2D eigenvalue weighted by Crippen LogP contribution is 2.16. The molecule has 2 unspecified atom stereocenters. The van der Waals surface area contributed by atoms with E-state index in [0.717, 1.165) is 109 Å². The largest absolute Gasteiger partial charge is 0.477 e. The summed E-state index contributed by atoms with van der Waals surface area (Å²) in [6, 6.07) is 0. The van der Waals surface area contributed by atoms with Gasteiger partial charge < -0.3 is 28.5 Å². The molecule has 0 aliphatic rings. The van der Waals surface area contributed by atoms with E-state index >= 15 is 0 Å². The Morgan fingerprint density at radius 1 is 0.380 bits per heavy atom. The van der Waals surface area contributed by atoms with E-state index in [4.69, 9.17) is 18.9 Å². The van der Waals surface area contributed by atoms with Gasteiger partial charge in [-0.25, -0.2) is 4.79 Å². The van der Waals surface area contributed by atoms with E-state index in [1.807, 2.05) is 21.1 Å². The van der Waals surface area contributed by atoms with Crippen molar-refractivity contribution in [2.45, 2.75) is 245 Å². The number of unbranched alkanes of at least 4 members (excludes halogenated alkanes) is 19. The quantitative estimate of drug-likeness (QED) is 0.0211. The summed E-state index contributed by atoms with van der Waals surface area (Å²) in [7, 11) is 5.95. The summed E-state index contributed by atoms with van der Waals surface area (Å²) >= 11 is 0. The molecule has 0 spiro atoms. The van der Waals surface area contributed by atoms with E-state index in [1.165, 1.54) is 83.5 Å². The molecule has 0 amide bonds. The number of hydrogen-bond acceptors (Lipinski definition) is 7. The SMILES string of the molecule is CC/C=C\C/C=C\C/C=C\C/C=C\C/C=C\C/C=C\C/C=C\C/C=C\CCCCCCCCCCCCCCCCCCC(=O)OC(COC(=O)CCCCC/C=C\C/C=C\C/C=C\CC)COC(OCC[N+](C)(C)C)C(=O)O. The molecule has 0 bridgehead atoms. The number of allylic oxidation sites excluding steroid dienone is 22. The third kappa shape index (κ3) is 60.9. The van der Waals surface area contributed by atoms with Gasteiger partial charge in [-0.05, 0) is 109 Å². The lowest BCUT2D eigenvalue weighted by Gasteiger charge is -2.25. The van der Waals surface area contributed by atoms with Crippen molar-refractivity contribution in [3.05, 3.63) is 134 Å². The van der Waals surface area contributed by atoms with Crippen LogP contribution in [0.4, 0.5) is 0 Å². The third-order valence-corrected chi connectivity index (χ3v) is 12.9. The molecule has 0 radical (unpaired) electrons. The van der Waals surface area contributed by atoms with Crippen LogP contribution in [0.5, 0.6) is 0 Å². The molecule has 0 aromatic carbocycles. The normalized spacial score (nSPS) is 13.7. The fraction of sp³-hybridized carbons (Fsp3) is 0.643. The number of ether oxygens (including phenoxy) is 4. The number of carboxylic acids is 1. The van der Waals surface area contributed by atoms with Gasteiger partial charge in [-0.2, -0.15) is 0 Å². The van der Waals surface area contributed by atoms with Gasteiger partial charge in [0.25, 0.3) is 6.29 Å². The van der Waals surface area contributed by atoms with Crippen LogP contribution in [0.1, 0.15) is 232 Å². The number of aliphatic carboxylic acids is 1. The second-order valence-corrected chi connectivity index (χ2v) is 21.6. The topological polar surface area (TPSA) is 108 Å². The number of esters is 2. The van der Waals surface area contributed by atoms with Crippen LogP contribution >= 0.6 is 0 Å². The van der Waals surface area contributed by atoms with E-state index < -0.39 is 24.3 Å². The number of hydrogen-bond donors (Lipinski definition) is 1. The summed E-state index contributed by atoms with van der Waals surface area (Å²) in [5, 5.41) is 9.69. The van der Waals surface area contributed by atoms with Crippen molar-refractivity contribution in [3.8, 4) is 0 Å². The van der Waals surface area contributed by atoms with Gasteiger partial charge >= 0.3 is 17.9 Å². The van der Waals surface area contributed by atoms with Crippen LogP contribution in [-0.4, -0.2) is 87.4 Å². The van der Waals surface area contributed by atoms with Crippen molar-refractivity contribution in [2.75, 3.05) is 47.5 Å². The molecule has 2 atom stereocenters. The molecule has 0 fully saturated rings. The van der Waals surface area contributed by atoms with Crippen LogP contribution in [0.2, 0.25) is 0 Å². The van der Waals surface area contributed by atoms with Crippen molar-refractivity contribution < 1.29 is 42.9 Å². The summed E-state index contributed by atoms with van der Waals surface area (Å²) in [5.41, 5.74) is 0. The van der Waals surface area contributed by atoms with Gasteiger partial charge in [-0.1, -0.05) is 244 Å². The van der Waals surface area contributed by atoms with Crippen molar-refractivity contribution in [2.24, 2.45) is 0 Å². The van der Waals surface area contributed by atoms with Crippen LogP contribution in [0, 0.1) is 0 Å². The zero-order chi connectivity index (χ0) is 57.6. The zero-order valence-electron chi connectivity index (χ0n) is 51.0. The van der Waals surface area contributed by atoms with E-state index in [-0.39, 0.29) is 38.6 Å². The molecule has 0 aliphatic carbocycles. The van der Waals surface area contributed by atoms with Gasteiger partial charge in [0.15, 0.2) is 6.10 Å². The Morgan fingerprint density at radius 2 is 0.684 bits per heavy atom. The lowest BCUT2D eigenvalue weighted by molar-refractivity contribution is -0.870. The van der Waals surface area contributed by atoms with Gasteiger partial charge in [-0.3, -0.25) is 9.59 Å². The Kier molecular flexibility index (Phi) is 56.1. The first-order valence-electron chi connectivity index (χ1n) is 31.3. The van der Waals surface area contributed by atoms with Crippen molar-refractivity contribution in [1.82, 2.24) is 0 Å². The first kappa shape index (κ1) is 74.4. The number of likely N-dealkylation sites (N-methyl/N-ethyl adjacent to an activating group) is 1. The highest BCUT2D eigenvalue weighted by atomic mass is 16.7. The van der Waals surface area contributed by atoms with Crippen LogP contribution in [0.25, 0.3) is 0 Å². The Labute approximate surface area is 484 Å². The van der Waals surface area contributed by atoms with Gasteiger partial charge in [0, 0.05) is 12.8 Å². The Hall–Kier alpha value is -4.57. The second kappa shape index (κ2) is 59.5. The number of rotatable bonds is 56. The van der Waals surface area contributed by atoms with Gasteiger partial charge in [-0.15, -0.1) is 0 Å². The van der Waals surface area contributed by atoms with Gasteiger partial charge in [0.05, 0.1) is 34.4 Å². The fourth-order valence-corrected chi connectivity index (χ4v) is 8.16. The molecule has 9 heteroatoms. The lowest BCUT2D eigenvalue weighted by Crippen LogP contribution is -2.40. The van der Waals surface area contributed by atoms with E-state index in [1.54, 1.807) is 0 Å². The Balaban J connectivity index is 4.05. The van der Waals surface area contributed by atoms with Gasteiger partial charge in [0.2, 0.25) is 0 Å². The molecule has 0 aliphatic heterocycles. The predicted molar refractivity (Wildman–Crippen MR) is 336 cm³/mol. The molecule has 9 nitrogen and oxygen atoms in total. The molecule has 0 aromatic heterocycles. The van der Waals surface area contributed by atoms with Crippen LogP contribution in [-0.2, 0) is 33.3 Å². The number of carbonyl (C=O) groups is 3. The van der Waals surface area contributed by atoms with Crippen molar-refractivity contribution >= 4 is 17.9 Å². The highest BCUT2D eigenvalue weighted by molar-refractivity contribution is 5.71. The Morgan fingerprint density at radius 3 is 1.03 bits per heavy atom. The number of carboxylic acid groups (broad SMARTS) is 1. The van der Waals surface area contributed by atoms with Crippen molar-refractivity contribution in [3.63, 3.8) is 0 Å².